The summed E-state index contributed by atoms with van der Waals surface area (Å²) in [6, 6.07) is 9.14. The van der Waals surface area contributed by atoms with E-state index in [9.17, 15) is 4.79 Å². The van der Waals surface area contributed by atoms with E-state index in [1.165, 1.54) is 12.5 Å². The number of amides is 1. The van der Waals surface area contributed by atoms with E-state index in [0.29, 0.717) is 12.2 Å². The van der Waals surface area contributed by atoms with Crippen LogP contribution in [0, 0.1) is 0 Å². The standard InChI is InChI=1S/C13H13NO3/c1-16-8-10-4-2-3-5-12(10)14-13(15)11-6-7-17-9-11/h2-7,9H,8H2,1H3,(H,14,15). The number of methoxy groups -OCH3 is 1. The first kappa shape index (κ1) is 11.4. The molecule has 2 rings (SSSR count). The molecule has 1 amide bonds. The number of hydrogen-bond acceptors (Lipinski definition) is 3. The van der Waals surface area contributed by atoms with Crippen LogP contribution in [-0.4, -0.2) is 13.0 Å². The molecule has 0 aliphatic heterocycles. The number of ether oxygens (including phenoxy) is 1. The molecule has 2 aromatic rings. The maximum Gasteiger partial charge on any atom is 0.258 e. The highest BCUT2D eigenvalue weighted by molar-refractivity contribution is 6.04. The van der Waals surface area contributed by atoms with Crippen molar-refractivity contribution in [3.63, 3.8) is 0 Å². The molecule has 0 atom stereocenters. The molecule has 1 heterocycles. The fourth-order valence-corrected chi connectivity index (χ4v) is 1.51. The highest BCUT2D eigenvalue weighted by atomic mass is 16.5. The van der Waals surface area contributed by atoms with Gasteiger partial charge in [0.25, 0.3) is 5.91 Å². The molecule has 0 bridgehead atoms. The Bertz CT molecular complexity index is 491. The summed E-state index contributed by atoms with van der Waals surface area (Å²) in [6.45, 7) is 0.460. The molecule has 4 nitrogen and oxygen atoms in total. The van der Waals surface area contributed by atoms with Crippen molar-refractivity contribution in [2.45, 2.75) is 6.61 Å². The van der Waals surface area contributed by atoms with Crippen molar-refractivity contribution in [2.24, 2.45) is 0 Å². The predicted molar refractivity (Wildman–Crippen MR) is 63.8 cm³/mol. The fraction of sp³-hybridized carbons (Fsp3) is 0.154. The van der Waals surface area contributed by atoms with Gasteiger partial charge >= 0.3 is 0 Å². The van der Waals surface area contributed by atoms with Gasteiger partial charge in [-0.25, -0.2) is 0 Å². The first-order valence-electron chi connectivity index (χ1n) is 5.21. The molecule has 1 aromatic heterocycles. The van der Waals surface area contributed by atoms with Crippen LogP contribution in [-0.2, 0) is 11.3 Å². The zero-order valence-electron chi connectivity index (χ0n) is 9.47. The van der Waals surface area contributed by atoms with Gasteiger partial charge in [0, 0.05) is 18.4 Å². The summed E-state index contributed by atoms with van der Waals surface area (Å²) in [4.78, 5) is 11.8. The Hall–Kier alpha value is -2.07. The Morgan fingerprint density at radius 3 is 2.88 bits per heavy atom. The van der Waals surface area contributed by atoms with Crippen LogP contribution in [0.2, 0.25) is 0 Å². The predicted octanol–water partition coefficient (Wildman–Crippen LogP) is 2.68. The number of benzene rings is 1. The normalized spacial score (nSPS) is 10.2. The Morgan fingerprint density at radius 1 is 1.35 bits per heavy atom. The lowest BCUT2D eigenvalue weighted by atomic mass is 10.2. The molecule has 4 heteroatoms. The number of carbonyl (C=O) groups is 1. The zero-order valence-corrected chi connectivity index (χ0v) is 9.47. The molecule has 17 heavy (non-hydrogen) atoms. The Balaban J connectivity index is 2.15. The van der Waals surface area contributed by atoms with Crippen LogP contribution in [0.1, 0.15) is 15.9 Å². The number of nitrogens with one attached hydrogen (secondary N) is 1. The van der Waals surface area contributed by atoms with E-state index in [1.807, 2.05) is 24.3 Å². The van der Waals surface area contributed by atoms with Gasteiger partial charge in [-0.1, -0.05) is 18.2 Å². The minimum Gasteiger partial charge on any atom is -0.472 e. The van der Waals surface area contributed by atoms with Crippen LogP contribution in [0.25, 0.3) is 0 Å². The molecule has 1 aromatic carbocycles. The second kappa shape index (κ2) is 5.32. The van der Waals surface area contributed by atoms with Gasteiger partial charge < -0.3 is 14.5 Å². The zero-order chi connectivity index (χ0) is 12.1. The van der Waals surface area contributed by atoms with Crippen LogP contribution in [0.3, 0.4) is 0 Å². The topological polar surface area (TPSA) is 51.5 Å². The van der Waals surface area contributed by atoms with Crippen LogP contribution < -0.4 is 5.32 Å². The van der Waals surface area contributed by atoms with Gasteiger partial charge in [-0.05, 0) is 12.1 Å². The number of carbonyl (C=O) groups excluding carboxylic acids is 1. The molecule has 0 saturated carbocycles. The molecule has 0 saturated heterocycles. The van der Waals surface area contributed by atoms with Gasteiger partial charge in [0.05, 0.1) is 18.4 Å². The lowest BCUT2D eigenvalue weighted by Gasteiger charge is -2.09. The minimum absolute atomic E-state index is 0.192. The second-order valence-corrected chi connectivity index (χ2v) is 3.56. The van der Waals surface area contributed by atoms with E-state index in [4.69, 9.17) is 9.15 Å². The fourth-order valence-electron chi connectivity index (χ4n) is 1.51. The number of anilines is 1. The van der Waals surface area contributed by atoms with Gasteiger partial charge in [0.2, 0.25) is 0 Å². The maximum atomic E-state index is 11.8. The van der Waals surface area contributed by atoms with Gasteiger partial charge in [-0.3, -0.25) is 4.79 Å². The van der Waals surface area contributed by atoms with E-state index < -0.39 is 0 Å². The molecule has 1 N–H and O–H groups in total. The van der Waals surface area contributed by atoms with Gasteiger partial charge in [-0.2, -0.15) is 0 Å². The first-order chi connectivity index (χ1) is 8.31. The van der Waals surface area contributed by atoms with Crippen LogP contribution in [0.5, 0.6) is 0 Å². The molecule has 0 unspecified atom stereocenters. The third kappa shape index (κ3) is 2.73. The van der Waals surface area contributed by atoms with Crippen molar-refractivity contribution >= 4 is 11.6 Å². The molecule has 0 fully saturated rings. The quantitative estimate of drug-likeness (QED) is 0.880. The number of para-hydroxylation sites is 1. The van der Waals surface area contributed by atoms with Crippen LogP contribution in [0.15, 0.2) is 47.3 Å². The summed E-state index contributed by atoms with van der Waals surface area (Å²) in [5.74, 6) is -0.192. The third-order valence-corrected chi connectivity index (χ3v) is 2.35. The third-order valence-electron chi connectivity index (χ3n) is 2.35. The lowest BCUT2D eigenvalue weighted by molar-refractivity contribution is 0.102. The number of hydrogen-bond donors (Lipinski definition) is 1. The molecule has 0 spiro atoms. The molecular weight excluding hydrogens is 218 g/mol. The molecule has 88 valence electrons. The monoisotopic (exact) mass is 231 g/mol. The van der Waals surface area contributed by atoms with E-state index in [1.54, 1.807) is 13.2 Å². The van der Waals surface area contributed by atoms with Crippen molar-refractivity contribution in [2.75, 3.05) is 12.4 Å². The average molecular weight is 231 g/mol. The van der Waals surface area contributed by atoms with Crippen molar-refractivity contribution in [1.82, 2.24) is 0 Å². The van der Waals surface area contributed by atoms with Crippen LogP contribution >= 0.6 is 0 Å². The Labute approximate surface area is 99.2 Å². The summed E-state index contributed by atoms with van der Waals surface area (Å²) >= 11 is 0. The SMILES string of the molecule is COCc1ccccc1NC(=O)c1ccoc1. The highest BCUT2D eigenvalue weighted by Gasteiger charge is 2.09. The summed E-state index contributed by atoms with van der Waals surface area (Å²) in [6.07, 6.45) is 2.88. The van der Waals surface area contributed by atoms with Gasteiger partial charge in [0.15, 0.2) is 0 Å². The number of furan rings is 1. The molecule has 0 aliphatic carbocycles. The second-order valence-electron chi connectivity index (χ2n) is 3.56. The van der Waals surface area contributed by atoms with E-state index in [-0.39, 0.29) is 5.91 Å². The molecule has 0 radical (unpaired) electrons. The Morgan fingerprint density at radius 2 is 2.18 bits per heavy atom. The van der Waals surface area contributed by atoms with Gasteiger partial charge in [-0.15, -0.1) is 0 Å². The molecule has 0 aliphatic rings. The smallest absolute Gasteiger partial charge is 0.258 e. The first-order valence-corrected chi connectivity index (χ1v) is 5.21. The van der Waals surface area contributed by atoms with E-state index >= 15 is 0 Å². The minimum atomic E-state index is -0.192. The lowest BCUT2D eigenvalue weighted by Crippen LogP contribution is -2.12. The van der Waals surface area contributed by atoms with Crippen molar-refractivity contribution in [3.8, 4) is 0 Å². The van der Waals surface area contributed by atoms with Crippen molar-refractivity contribution in [1.29, 1.82) is 0 Å². The highest BCUT2D eigenvalue weighted by Crippen LogP contribution is 2.17. The number of rotatable bonds is 4. The van der Waals surface area contributed by atoms with Crippen molar-refractivity contribution in [3.05, 3.63) is 54.0 Å². The van der Waals surface area contributed by atoms with E-state index in [0.717, 1.165) is 11.3 Å². The maximum absolute atomic E-state index is 11.8. The average Bonchev–Trinajstić information content (AvgIpc) is 2.85. The summed E-state index contributed by atoms with van der Waals surface area (Å²) in [5.41, 5.74) is 2.18. The van der Waals surface area contributed by atoms with Crippen molar-refractivity contribution < 1.29 is 13.9 Å². The van der Waals surface area contributed by atoms with Gasteiger partial charge in [0.1, 0.15) is 6.26 Å². The Kier molecular flexibility index (Phi) is 3.57. The summed E-state index contributed by atoms with van der Waals surface area (Å²) < 4.78 is 9.94. The largest absolute Gasteiger partial charge is 0.472 e. The summed E-state index contributed by atoms with van der Waals surface area (Å²) in [5, 5.41) is 2.82. The summed E-state index contributed by atoms with van der Waals surface area (Å²) in [7, 11) is 1.62. The van der Waals surface area contributed by atoms with Crippen LogP contribution in [0.4, 0.5) is 5.69 Å². The van der Waals surface area contributed by atoms with E-state index in [2.05, 4.69) is 5.32 Å². The molecular formula is C13H13NO3.